The average Bonchev–Trinajstić information content (AvgIpc) is 3.18. The number of alkyl halides is 1. The number of rotatable bonds is 34. The second-order valence-corrected chi connectivity index (χ2v) is 12.0. The molecule has 3 aromatic rings. The topological polar surface area (TPSA) is 83.1 Å². The van der Waals surface area contributed by atoms with E-state index in [2.05, 4.69) is 36.4 Å². The van der Waals surface area contributed by atoms with Crippen molar-refractivity contribution in [3.05, 3.63) is 108 Å². The molecule has 10 heteroatoms. The van der Waals surface area contributed by atoms with Crippen LogP contribution < -0.4 is 0 Å². The highest BCUT2D eigenvalue weighted by Crippen LogP contribution is 2.40. The summed E-state index contributed by atoms with van der Waals surface area (Å²) in [5.41, 5.74) is 2.47. The fourth-order valence-corrected chi connectivity index (χ4v) is 5.50. The van der Waals surface area contributed by atoms with Crippen LogP contribution in [-0.2, 0) is 48.2 Å². The summed E-state index contributed by atoms with van der Waals surface area (Å²) in [7, 11) is 0. The van der Waals surface area contributed by atoms with Crippen molar-refractivity contribution in [2.24, 2.45) is 0 Å². The second-order valence-electron chi connectivity index (χ2n) is 11.6. The molecule has 0 N–H and O–H groups in total. The fraction of sp³-hybridized carbons (Fsp3) is 0.561. The summed E-state index contributed by atoms with van der Waals surface area (Å²) in [4.78, 5) is 0. The van der Waals surface area contributed by atoms with Gasteiger partial charge < -0.3 is 42.6 Å². The van der Waals surface area contributed by atoms with Crippen LogP contribution in [0.4, 0.5) is 0 Å². The van der Waals surface area contributed by atoms with Gasteiger partial charge in [-0.2, -0.15) is 0 Å². The highest BCUT2D eigenvalue weighted by atomic mass is 35.5. The molecule has 0 spiro atoms. The Morgan fingerprint density at radius 3 is 0.902 bits per heavy atom. The SMILES string of the molecule is ClCCCCCCOCCOCCOCCOCCOCCOCCOCCOCCOC(c1ccccc1)(c1ccccc1)c1ccccc1. The van der Waals surface area contributed by atoms with Crippen molar-refractivity contribution in [3.63, 3.8) is 0 Å². The smallest absolute Gasteiger partial charge is 0.143 e. The number of halogens is 1. The Morgan fingerprint density at radius 2 is 0.588 bits per heavy atom. The Kier molecular flexibility index (Phi) is 25.4. The third-order valence-electron chi connectivity index (χ3n) is 7.86. The van der Waals surface area contributed by atoms with Crippen LogP contribution in [-0.4, -0.2) is 118 Å². The summed E-state index contributed by atoms with van der Waals surface area (Å²) >= 11 is 5.67. The standard InChI is InChI=1S/C41H59ClO9/c42-20-12-1-2-13-21-43-22-23-44-24-25-45-26-27-46-28-29-47-30-31-48-32-33-49-34-35-50-36-37-51-41(38-14-6-3-7-15-38,39-16-8-4-9-17-39)40-18-10-5-11-19-40/h3-11,14-19H,1-2,12-13,20-37H2. The molecule has 0 fully saturated rings. The molecule has 3 aromatic carbocycles. The van der Waals surface area contributed by atoms with E-state index in [1.54, 1.807) is 0 Å². The monoisotopic (exact) mass is 730 g/mol. The van der Waals surface area contributed by atoms with Crippen LogP contribution in [0.25, 0.3) is 0 Å². The van der Waals surface area contributed by atoms with Gasteiger partial charge in [-0.25, -0.2) is 0 Å². The Morgan fingerprint density at radius 1 is 0.314 bits per heavy atom. The molecule has 0 aliphatic rings. The van der Waals surface area contributed by atoms with Crippen LogP contribution in [0, 0.1) is 0 Å². The van der Waals surface area contributed by atoms with Crippen molar-refractivity contribution in [2.75, 3.05) is 118 Å². The molecular formula is C41H59ClO9. The average molecular weight is 731 g/mol. The number of ether oxygens (including phenoxy) is 9. The van der Waals surface area contributed by atoms with Gasteiger partial charge in [-0.3, -0.25) is 0 Å². The van der Waals surface area contributed by atoms with Crippen molar-refractivity contribution < 1.29 is 42.6 Å². The summed E-state index contributed by atoms with van der Waals surface area (Å²) in [6.45, 7) is 9.01. The van der Waals surface area contributed by atoms with Crippen molar-refractivity contribution >= 4 is 11.6 Å². The lowest BCUT2D eigenvalue weighted by Gasteiger charge is -2.36. The Labute approximate surface area is 310 Å². The summed E-state index contributed by atoms with van der Waals surface area (Å²) < 4.78 is 51.5. The summed E-state index contributed by atoms with van der Waals surface area (Å²) in [5, 5.41) is 0. The van der Waals surface area contributed by atoms with Gasteiger partial charge in [0.2, 0.25) is 0 Å². The first-order valence-corrected chi connectivity index (χ1v) is 18.9. The molecule has 0 heterocycles. The maximum Gasteiger partial charge on any atom is 0.143 e. The van der Waals surface area contributed by atoms with Crippen LogP contribution >= 0.6 is 11.6 Å². The molecule has 284 valence electrons. The Balaban J connectivity index is 1.10. The van der Waals surface area contributed by atoms with Crippen molar-refractivity contribution in [2.45, 2.75) is 31.3 Å². The van der Waals surface area contributed by atoms with Gasteiger partial charge >= 0.3 is 0 Å². The molecule has 0 aliphatic heterocycles. The van der Waals surface area contributed by atoms with Gasteiger partial charge in [0.15, 0.2) is 0 Å². The molecule has 0 unspecified atom stereocenters. The van der Waals surface area contributed by atoms with Crippen molar-refractivity contribution in [3.8, 4) is 0 Å². The van der Waals surface area contributed by atoms with Gasteiger partial charge in [0.1, 0.15) is 5.60 Å². The van der Waals surface area contributed by atoms with Gasteiger partial charge in [0.05, 0.1) is 106 Å². The summed E-state index contributed by atoms with van der Waals surface area (Å²) in [6.07, 6.45) is 4.50. The molecule has 0 atom stereocenters. The molecule has 0 aromatic heterocycles. The van der Waals surface area contributed by atoms with Crippen molar-refractivity contribution in [1.82, 2.24) is 0 Å². The maximum atomic E-state index is 6.73. The number of hydrogen-bond acceptors (Lipinski definition) is 9. The first kappa shape index (κ1) is 43.0. The zero-order valence-corrected chi connectivity index (χ0v) is 31.0. The minimum Gasteiger partial charge on any atom is -0.379 e. The number of unbranched alkanes of at least 4 members (excludes halogenated alkanes) is 3. The molecule has 0 saturated heterocycles. The zero-order valence-electron chi connectivity index (χ0n) is 30.3. The lowest BCUT2D eigenvalue weighted by atomic mass is 9.80. The lowest BCUT2D eigenvalue weighted by Crippen LogP contribution is -2.34. The first-order valence-electron chi connectivity index (χ1n) is 18.4. The summed E-state index contributed by atoms with van der Waals surface area (Å²) in [5.74, 6) is 0.743. The van der Waals surface area contributed by atoms with Crippen molar-refractivity contribution in [1.29, 1.82) is 0 Å². The van der Waals surface area contributed by atoms with Gasteiger partial charge in [-0.15, -0.1) is 11.6 Å². The molecule has 9 nitrogen and oxygen atoms in total. The predicted octanol–water partition coefficient (Wildman–Crippen LogP) is 6.93. The largest absolute Gasteiger partial charge is 0.379 e. The van der Waals surface area contributed by atoms with Crippen LogP contribution in [0.1, 0.15) is 42.4 Å². The number of benzene rings is 3. The van der Waals surface area contributed by atoms with E-state index in [4.69, 9.17) is 54.2 Å². The first-order chi connectivity index (χ1) is 25.4. The van der Waals surface area contributed by atoms with E-state index >= 15 is 0 Å². The van der Waals surface area contributed by atoms with Gasteiger partial charge in [0, 0.05) is 12.5 Å². The van der Waals surface area contributed by atoms with E-state index in [-0.39, 0.29) is 0 Å². The lowest BCUT2D eigenvalue weighted by molar-refractivity contribution is -0.0398. The molecule has 0 saturated carbocycles. The second kappa shape index (κ2) is 30.1. The summed E-state index contributed by atoms with van der Waals surface area (Å²) in [6, 6.07) is 31.0. The van der Waals surface area contributed by atoms with E-state index in [0.29, 0.717) is 106 Å². The van der Waals surface area contributed by atoms with Gasteiger partial charge in [0.25, 0.3) is 0 Å². The van der Waals surface area contributed by atoms with E-state index in [0.717, 1.165) is 42.0 Å². The minimum atomic E-state index is -0.747. The highest BCUT2D eigenvalue weighted by Gasteiger charge is 2.37. The number of hydrogen-bond donors (Lipinski definition) is 0. The molecular weight excluding hydrogens is 672 g/mol. The van der Waals surface area contributed by atoms with Gasteiger partial charge in [-0.05, 0) is 29.5 Å². The molecule has 0 aliphatic carbocycles. The van der Waals surface area contributed by atoms with E-state index in [9.17, 15) is 0 Å². The van der Waals surface area contributed by atoms with Crippen LogP contribution in [0.15, 0.2) is 91.0 Å². The van der Waals surface area contributed by atoms with E-state index < -0.39 is 5.60 Å². The van der Waals surface area contributed by atoms with E-state index in [1.165, 1.54) is 12.8 Å². The predicted molar refractivity (Wildman–Crippen MR) is 201 cm³/mol. The fourth-order valence-electron chi connectivity index (χ4n) is 5.32. The minimum absolute atomic E-state index is 0.420. The molecule has 51 heavy (non-hydrogen) atoms. The zero-order chi connectivity index (χ0) is 35.8. The Hall–Kier alpha value is -2.41. The van der Waals surface area contributed by atoms with Crippen LogP contribution in [0.5, 0.6) is 0 Å². The third kappa shape index (κ3) is 18.8. The molecule has 3 rings (SSSR count). The van der Waals surface area contributed by atoms with Crippen LogP contribution in [0.3, 0.4) is 0 Å². The van der Waals surface area contributed by atoms with E-state index in [1.807, 2.05) is 54.6 Å². The third-order valence-corrected chi connectivity index (χ3v) is 8.13. The molecule has 0 bridgehead atoms. The normalized spacial score (nSPS) is 11.7. The molecule has 0 amide bonds. The molecule has 0 radical (unpaired) electrons. The highest BCUT2D eigenvalue weighted by molar-refractivity contribution is 6.17. The van der Waals surface area contributed by atoms with Gasteiger partial charge in [-0.1, -0.05) is 104 Å². The maximum absolute atomic E-state index is 6.73. The van der Waals surface area contributed by atoms with Crippen LogP contribution in [0.2, 0.25) is 0 Å². The Bertz CT molecular complexity index is 1080. The quantitative estimate of drug-likeness (QED) is 0.0369.